The third kappa shape index (κ3) is 3.64. The number of aromatic nitrogens is 6. The van der Waals surface area contributed by atoms with E-state index >= 15 is 0 Å². The van der Waals surface area contributed by atoms with Crippen LogP contribution in [0.25, 0.3) is 11.4 Å². The fourth-order valence-electron chi connectivity index (χ4n) is 1.90. The molecule has 23 heavy (non-hydrogen) atoms. The highest BCUT2D eigenvalue weighted by molar-refractivity contribution is 5.91. The molecular formula is C14H13N7O2. The van der Waals surface area contributed by atoms with Gasteiger partial charge in [-0.05, 0) is 12.1 Å². The molecule has 0 aromatic carbocycles. The molecule has 0 bridgehead atoms. The van der Waals surface area contributed by atoms with E-state index in [1.165, 1.54) is 12.1 Å². The van der Waals surface area contributed by atoms with Gasteiger partial charge in [0, 0.05) is 31.2 Å². The average molecular weight is 311 g/mol. The van der Waals surface area contributed by atoms with Gasteiger partial charge in [-0.15, -0.1) is 0 Å². The zero-order valence-electron chi connectivity index (χ0n) is 12.0. The molecule has 0 fully saturated rings. The van der Waals surface area contributed by atoms with Crippen molar-refractivity contribution in [1.29, 1.82) is 0 Å². The number of hydrogen-bond acceptors (Lipinski definition) is 6. The SMILES string of the molecule is O=C(NCCn1ccc(-c2cnccn2)n1)c1ccc(=O)[nH]n1. The molecule has 0 aliphatic heterocycles. The van der Waals surface area contributed by atoms with Gasteiger partial charge in [-0.3, -0.25) is 24.2 Å². The molecular weight excluding hydrogens is 298 g/mol. The van der Waals surface area contributed by atoms with E-state index in [9.17, 15) is 9.59 Å². The van der Waals surface area contributed by atoms with Crippen LogP contribution < -0.4 is 10.9 Å². The van der Waals surface area contributed by atoms with Gasteiger partial charge in [0.05, 0.1) is 12.7 Å². The molecule has 0 saturated heterocycles. The number of rotatable bonds is 5. The molecule has 0 unspecified atom stereocenters. The Morgan fingerprint density at radius 2 is 2.13 bits per heavy atom. The smallest absolute Gasteiger partial charge is 0.271 e. The standard InChI is InChI=1S/C14H13N7O2/c22-13-2-1-11(18-19-13)14(23)17-6-8-21-7-3-10(20-21)12-9-15-4-5-16-12/h1-5,7,9H,6,8H2,(H,17,23)(H,19,22). The normalized spacial score (nSPS) is 10.4. The van der Waals surface area contributed by atoms with Crippen molar-refractivity contribution in [3.05, 3.63) is 59.0 Å². The lowest BCUT2D eigenvalue weighted by Gasteiger charge is -2.04. The highest BCUT2D eigenvalue weighted by Crippen LogP contribution is 2.11. The summed E-state index contributed by atoms with van der Waals surface area (Å²) in [6.45, 7) is 0.872. The Bertz CT molecular complexity index is 836. The Labute approximate surface area is 130 Å². The Hall–Kier alpha value is -3.36. The molecule has 3 rings (SSSR count). The minimum atomic E-state index is -0.359. The van der Waals surface area contributed by atoms with Crippen LogP contribution in [0.2, 0.25) is 0 Å². The maximum atomic E-state index is 11.8. The number of carbonyl (C=O) groups is 1. The largest absolute Gasteiger partial charge is 0.349 e. The minimum Gasteiger partial charge on any atom is -0.349 e. The molecule has 2 N–H and O–H groups in total. The van der Waals surface area contributed by atoms with Gasteiger partial charge in [0.1, 0.15) is 17.1 Å². The Kier molecular flexibility index (Phi) is 4.18. The Balaban J connectivity index is 1.55. The topological polar surface area (TPSA) is 118 Å². The molecule has 9 nitrogen and oxygen atoms in total. The summed E-state index contributed by atoms with van der Waals surface area (Å²) >= 11 is 0. The molecule has 0 aliphatic carbocycles. The van der Waals surface area contributed by atoms with Crippen LogP contribution in [0.15, 0.2) is 47.8 Å². The van der Waals surface area contributed by atoms with E-state index in [-0.39, 0.29) is 17.2 Å². The van der Waals surface area contributed by atoms with E-state index in [2.05, 4.69) is 30.6 Å². The first-order chi connectivity index (χ1) is 11.2. The van der Waals surface area contributed by atoms with E-state index in [1.807, 2.05) is 6.07 Å². The van der Waals surface area contributed by atoms with Crippen LogP contribution in [0.5, 0.6) is 0 Å². The molecule has 1 amide bonds. The quantitative estimate of drug-likeness (QED) is 0.676. The van der Waals surface area contributed by atoms with Crippen molar-refractivity contribution in [2.45, 2.75) is 6.54 Å². The number of carbonyl (C=O) groups excluding carboxylic acids is 1. The van der Waals surface area contributed by atoms with E-state index in [1.54, 1.807) is 29.5 Å². The van der Waals surface area contributed by atoms with Crippen molar-refractivity contribution < 1.29 is 4.79 Å². The first-order valence-electron chi connectivity index (χ1n) is 6.86. The van der Waals surface area contributed by atoms with E-state index < -0.39 is 0 Å². The summed E-state index contributed by atoms with van der Waals surface area (Å²) < 4.78 is 1.70. The zero-order chi connectivity index (χ0) is 16.1. The number of amides is 1. The van der Waals surface area contributed by atoms with Gasteiger partial charge >= 0.3 is 0 Å². The van der Waals surface area contributed by atoms with Gasteiger partial charge in [-0.25, -0.2) is 5.10 Å². The second kappa shape index (κ2) is 6.60. The van der Waals surface area contributed by atoms with Gasteiger partial charge in [-0.2, -0.15) is 10.2 Å². The minimum absolute atomic E-state index is 0.158. The van der Waals surface area contributed by atoms with E-state index in [0.29, 0.717) is 24.5 Å². The molecule has 0 saturated carbocycles. The van der Waals surface area contributed by atoms with Gasteiger partial charge in [-0.1, -0.05) is 0 Å². The monoisotopic (exact) mass is 311 g/mol. The highest BCUT2D eigenvalue weighted by Gasteiger charge is 2.07. The van der Waals surface area contributed by atoms with Crippen molar-refractivity contribution in [2.75, 3.05) is 6.54 Å². The lowest BCUT2D eigenvalue weighted by atomic mass is 10.3. The van der Waals surface area contributed by atoms with E-state index in [4.69, 9.17) is 0 Å². The number of hydrogen-bond donors (Lipinski definition) is 2. The van der Waals surface area contributed by atoms with Crippen LogP contribution in [0.4, 0.5) is 0 Å². The van der Waals surface area contributed by atoms with Crippen molar-refractivity contribution in [3.63, 3.8) is 0 Å². The molecule has 116 valence electrons. The third-order valence-electron chi connectivity index (χ3n) is 3.00. The molecule has 3 aromatic rings. The Morgan fingerprint density at radius 1 is 1.22 bits per heavy atom. The number of H-pyrrole nitrogens is 1. The number of nitrogens with zero attached hydrogens (tertiary/aromatic N) is 5. The molecule has 9 heteroatoms. The summed E-state index contributed by atoms with van der Waals surface area (Å²) in [4.78, 5) is 30.9. The van der Waals surface area contributed by atoms with Crippen LogP contribution in [0.1, 0.15) is 10.5 Å². The third-order valence-corrected chi connectivity index (χ3v) is 3.00. The van der Waals surface area contributed by atoms with Crippen LogP contribution in [-0.4, -0.2) is 42.4 Å². The van der Waals surface area contributed by atoms with Gasteiger partial charge < -0.3 is 5.32 Å². The van der Waals surface area contributed by atoms with Crippen molar-refractivity contribution >= 4 is 5.91 Å². The predicted octanol–water partition coefficient (Wildman–Crippen LogP) is -0.147. The van der Waals surface area contributed by atoms with Crippen LogP contribution in [-0.2, 0) is 6.54 Å². The van der Waals surface area contributed by atoms with Crippen LogP contribution in [0.3, 0.4) is 0 Å². The maximum Gasteiger partial charge on any atom is 0.271 e. The summed E-state index contributed by atoms with van der Waals surface area (Å²) in [5.74, 6) is -0.359. The van der Waals surface area contributed by atoms with Gasteiger partial charge in [0.25, 0.3) is 11.5 Å². The first-order valence-corrected chi connectivity index (χ1v) is 6.86. The van der Waals surface area contributed by atoms with Gasteiger partial charge in [0.2, 0.25) is 0 Å². The first kappa shape index (κ1) is 14.6. The maximum absolute atomic E-state index is 11.8. The van der Waals surface area contributed by atoms with Crippen molar-refractivity contribution in [1.82, 2.24) is 35.3 Å². The summed E-state index contributed by atoms with van der Waals surface area (Å²) in [5, 5.41) is 12.9. The summed E-state index contributed by atoms with van der Waals surface area (Å²) in [7, 11) is 0. The van der Waals surface area contributed by atoms with Crippen molar-refractivity contribution in [2.24, 2.45) is 0 Å². The lowest BCUT2D eigenvalue weighted by Crippen LogP contribution is -2.29. The summed E-state index contributed by atoms with van der Waals surface area (Å²) in [6.07, 6.45) is 6.64. The Morgan fingerprint density at radius 3 is 2.87 bits per heavy atom. The van der Waals surface area contributed by atoms with Crippen LogP contribution in [0, 0.1) is 0 Å². The molecule has 0 atom stereocenters. The average Bonchev–Trinajstić information content (AvgIpc) is 3.05. The molecule has 0 radical (unpaired) electrons. The lowest BCUT2D eigenvalue weighted by molar-refractivity contribution is 0.0946. The number of aromatic amines is 1. The molecule has 0 spiro atoms. The molecule has 3 aromatic heterocycles. The summed E-state index contributed by atoms with van der Waals surface area (Å²) in [5.41, 5.74) is 1.21. The molecule has 0 aliphatic rings. The second-order valence-corrected chi connectivity index (χ2v) is 4.62. The van der Waals surface area contributed by atoms with Crippen molar-refractivity contribution in [3.8, 4) is 11.4 Å². The fraction of sp³-hybridized carbons (Fsp3) is 0.143. The predicted molar refractivity (Wildman–Crippen MR) is 80.4 cm³/mol. The number of nitrogens with one attached hydrogen (secondary N) is 2. The zero-order valence-corrected chi connectivity index (χ0v) is 12.0. The van der Waals surface area contributed by atoms with E-state index in [0.717, 1.165) is 0 Å². The fourth-order valence-corrected chi connectivity index (χ4v) is 1.90. The van der Waals surface area contributed by atoms with Crippen LogP contribution >= 0.6 is 0 Å². The van der Waals surface area contributed by atoms with Gasteiger partial charge in [0.15, 0.2) is 0 Å². The molecule has 3 heterocycles. The summed E-state index contributed by atoms with van der Waals surface area (Å²) in [6, 6.07) is 4.45. The highest BCUT2D eigenvalue weighted by atomic mass is 16.2. The second-order valence-electron chi connectivity index (χ2n) is 4.62.